The highest BCUT2D eigenvalue weighted by Gasteiger charge is 2.69. The van der Waals surface area contributed by atoms with Gasteiger partial charge in [-0.2, -0.15) is 0 Å². The fraction of sp³-hybridized carbons (Fsp3) is 1.00. The van der Waals surface area contributed by atoms with Gasteiger partial charge in [0.15, 0.2) is 24.7 Å². The van der Waals surface area contributed by atoms with Crippen molar-refractivity contribution in [1.82, 2.24) is 0 Å². The Kier molecular flexibility index (Phi) is 14.4. The van der Waals surface area contributed by atoms with Gasteiger partial charge in [-0.25, -0.2) is 0 Å². The first kappa shape index (κ1) is 48.7. The van der Waals surface area contributed by atoms with Crippen molar-refractivity contribution in [2.45, 2.75) is 196 Å². The third kappa shape index (κ3) is 8.69. The Labute approximate surface area is 368 Å². The Morgan fingerprint density at radius 1 is 0.698 bits per heavy atom. The molecule has 0 bridgehead atoms. The zero-order chi connectivity index (χ0) is 45.5. The summed E-state index contributed by atoms with van der Waals surface area (Å²) >= 11 is 0. The summed E-state index contributed by atoms with van der Waals surface area (Å²) in [6, 6.07) is 0. The Morgan fingerprint density at radius 3 is 2.08 bits per heavy atom. The van der Waals surface area contributed by atoms with Crippen molar-refractivity contribution in [3.63, 3.8) is 0 Å². The summed E-state index contributed by atoms with van der Waals surface area (Å²) in [5.41, 5.74) is -0.225. The number of fused-ring (bicyclic) bond motifs is 7. The van der Waals surface area contributed by atoms with Crippen molar-refractivity contribution in [3.8, 4) is 0 Å². The quantitative estimate of drug-likeness (QED) is 0.0928. The molecule has 4 saturated carbocycles. The van der Waals surface area contributed by atoms with Crippen molar-refractivity contribution in [2.24, 2.45) is 52.3 Å². The average molecular weight is 907 g/mol. The Bertz CT molecular complexity index is 1550. The van der Waals surface area contributed by atoms with Gasteiger partial charge < -0.3 is 94.4 Å². The fourth-order valence-corrected chi connectivity index (χ4v) is 13.8. The molecule has 4 aliphatic heterocycles. The van der Waals surface area contributed by atoms with Gasteiger partial charge in [-0.1, -0.05) is 27.7 Å². The van der Waals surface area contributed by atoms with E-state index in [0.717, 1.165) is 32.1 Å². The predicted octanol–water partition coefficient (Wildman–Crippen LogP) is -2.17. The van der Waals surface area contributed by atoms with Crippen LogP contribution in [0, 0.1) is 52.3 Å². The highest BCUT2D eigenvalue weighted by Crippen LogP contribution is 2.71. The molecule has 4 aliphatic carbocycles. The Balaban J connectivity index is 0.848. The fourth-order valence-electron chi connectivity index (χ4n) is 13.8. The highest BCUT2D eigenvalue weighted by atomic mass is 16.7. The minimum Gasteiger partial charge on any atom is -0.394 e. The third-order valence-electron chi connectivity index (χ3n) is 17.6. The molecule has 0 radical (unpaired) electrons. The number of ether oxygens (including phenoxy) is 7. The van der Waals surface area contributed by atoms with Crippen molar-refractivity contribution in [3.05, 3.63) is 0 Å². The second kappa shape index (κ2) is 18.6. The molecular formula is C44H74O19. The molecule has 8 aliphatic rings. The molecule has 0 aromatic heterocycles. The van der Waals surface area contributed by atoms with E-state index in [1.165, 1.54) is 0 Å². The van der Waals surface area contributed by atoms with Crippen molar-refractivity contribution in [1.29, 1.82) is 0 Å². The summed E-state index contributed by atoms with van der Waals surface area (Å²) in [5, 5.41) is 126. The van der Waals surface area contributed by atoms with Gasteiger partial charge in [0.25, 0.3) is 0 Å². The first-order valence-corrected chi connectivity index (χ1v) is 23.3. The van der Waals surface area contributed by atoms with Crippen LogP contribution in [-0.4, -0.2) is 198 Å². The maximum atomic E-state index is 12.0. The summed E-state index contributed by atoms with van der Waals surface area (Å²) in [5.74, 6) is 0.0396. The average Bonchev–Trinajstić information content (AvgIpc) is 3.69. The molecule has 0 spiro atoms. The van der Waals surface area contributed by atoms with Crippen LogP contribution in [0.25, 0.3) is 0 Å². The lowest BCUT2D eigenvalue weighted by molar-refractivity contribution is -0.336. The molecule has 8 fully saturated rings. The summed E-state index contributed by atoms with van der Waals surface area (Å²) in [4.78, 5) is 0. The lowest BCUT2D eigenvalue weighted by Crippen LogP contribution is -2.62. The van der Waals surface area contributed by atoms with Gasteiger partial charge in [-0.05, 0) is 97.7 Å². The minimum atomic E-state index is -1.66. The number of aliphatic hydroxyl groups is 12. The van der Waals surface area contributed by atoms with E-state index in [1.54, 1.807) is 0 Å². The molecule has 8 rings (SSSR count). The molecule has 1 unspecified atom stereocenters. The normalized spacial score (nSPS) is 56.3. The first-order valence-electron chi connectivity index (χ1n) is 23.3. The largest absolute Gasteiger partial charge is 0.394 e. The monoisotopic (exact) mass is 906 g/mol. The van der Waals surface area contributed by atoms with Crippen LogP contribution in [0.2, 0.25) is 0 Å². The molecule has 0 aromatic carbocycles. The summed E-state index contributed by atoms with van der Waals surface area (Å²) in [6.45, 7) is 7.67. The third-order valence-corrected chi connectivity index (χ3v) is 17.6. The van der Waals surface area contributed by atoms with Gasteiger partial charge in [0.2, 0.25) is 0 Å². The lowest BCUT2D eigenvalue weighted by Gasteiger charge is -2.62. The van der Waals surface area contributed by atoms with E-state index in [-0.39, 0.29) is 53.8 Å². The number of rotatable bonds is 12. The topological polar surface area (TPSA) is 307 Å². The van der Waals surface area contributed by atoms with Crippen molar-refractivity contribution in [2.75, 3.05) is 26.4 Å². The maximum Gasteiger partial charge on any atom is 0.187 e. The molecule has 19 heteroatoms. The van der Waals surface area contributed by atoms with Crippen LogP contribution in [0.3, 0.4) is 0 Å². The van der Waals surface area contributed by atoms with Crippen LogP contribution < -0.4 is 0 Å². The van der Waals surface area contributed by atoms with Crippen LogP contribution in [0.1, 0.15) is 85.5 Å². The van der Waals surface area contributed by atoms with Crippen LogP contribution in [0.15, 0.2) is 0 Å². The molecule has 0 aromatic rings. The van der Waals surface area contributed by atoms with E-state index >= 15 is 0 Å². The van der Waals surface area contributed by atoms with Crippen LogP contribution in [0.4, 0.5) is 0 Å². The van der Waals surface area contributed by atoms with Crippen molar-refractivity contribution >= 4 is 0 Å². The van der Waals surface area contributed by atoms with E-state index < -0.39 is 117 Å². The zero-order valence-electron chi connectivity index (χ0n) is 36.8. The SMILES string of the molecule is C[C@@H](CCC1(O)O[C@H]2C[C@H]3[C@@H]4CC[C@H]5C[C@@H](O[C@@H]6O[C@H](CO[C@@H]7OC[C@@H](O)[C@H](O)[C@H]7O)[C@@H](O)[C@H](O)[C@H]6O)[C@H](O)C[C@]5(C)[C@H]4CC[C@]3(C)[C@H]2[C@@H]1C)CO[C@@H]1O[C@H](CO)[C@@H](O)[C@H](O)[C@H]1O. The number of aliphatic hydroxyl groups excluding tert-OH is 11. The summed E-state index contributed by atoms with van der Waals surface area (Å²) < 4.78 is 40.9. The van der Waals surface area contributed by atoms with E-state index in [9.17, 15) is 61.3 Å². The molecule has 63 heavy (non-hydrogen) atoms. The number of hydrogen-bond donors (Lipinski definition) is 12. The zero-order valence-corrected chi connectivity index (χ0v) is 36.8. The second-order valence-electron chi connectivity index (χ2n) is 21.2. The van der Waals surface area contributed by atoms with Gasteiger partial charge >= 0.3 is 0 Å². The van der Waals surface area contributed by atoms with Crippen LogP contribution >= 0.6 is 0 Å². The van der Waals surface area contributed by atoms with E-state index in [1.807, 2.05) is 6.92 Å². The molecular weight excluding hydrogens is 832 g/mol. The Morgan fingerprint density at radius 2 is 1.37 bits per heavy atom. The second-order valence-corrected chi connectivity index (χ2v) is 21.2. The van der Waals surface area contributed by atoms with Gasteiger partial charge in [0.05, 0.1) is 44.7 Å². The molecule has 19 nitrogen and oxygen atoms in total. The standard InChI is InChI=1S/C44H74O19/c1-18(15-57-40-37(54)34(51)32(49)28(14-45)61-40)7-10-44(56)19(2)30-27(63-44)12-23-21-6-5-20-11-26(24(46)13-43(20,4)22(21)8-9-42(23,30)3)60-41-38(55)35(52)33(50)29(62-41)17-59-39-36(53)31(48)25(47)16-58-39/h18-41,45-56H,5-17H2,1-4H3/t18-,19-,20-,21+,22-,23-,24+,25+,26+,27-,28+,29+,30-,31-,32+,33+,34-,35-,36+,37+,38+,39-,40+,41+,42-,43-,44?/m0/s1. The van der Waals surface area contributed by atoms with Crippen LogP contribution in [-0.2, 0) is 33.2 Å². The Hall–Kier alpha value is -0.760. The van der Waals surface area contributed by atoms with E-state index in [4.69, 9.17) is 33.2 Å². The highest BCUT2D eigenvalue weighted by molar-refractivity contribution is 5.15. The van der Waals surface area contributed by atoms with E-state index in [0.29, 0.717) is 43.4 Å². The summed E-state index contributed by atoms with van der Waals surface area (Å²) in [6.07, 6.45) is -14.9. The lowest BCUT2D eigenvalue weighted by atomic mass is 9.44. The first-order chi connectivity index (χ1) is 29.7. The van der Waals surface area contributed by atoms with Gasteiger partial charge in [-0.15, -0.1) is 0 Å². The van der Waals surface area contributed by atoms with Gasteiger partial charge in [0.1, 0.15) is 67.1 Å². The minimum absolute atomic E-state index is 0.0436. The van der Waals surface area contributed by atoms with Crippen LogP contribution in [0.5, 0.6) is 0 Å². The molecule has 0 amide bonds. The molecule has 27 atom stereocenters. The van der Waals surface area contributed by atoms with Crippen molar-refractivity contribution < 1.29 is 94.4 Å². The van der Waals surface area contributed by atoms with Gasteiger partial charge in [-0.3, -0.25) is 0 Å². The maximum absolute atomic E-state index is 12.0. The molecule has 364 valence electrons. The van der Waals surface area contributed by atoms with Gasteiger partial charge in [0, 0.05) is 12.3 Å². The number of hydrogen-bond acceptors (Lipinski definition) is 19. The smallest absolute Gasteiger partial charge is 0.187 e. The molecule has 4 saturated heterocycles. The molecule has 12 N–H and O–H groups in total. The van der Waals surface area contributed by atoms with E-state index in [2.05, 4.69) is 20.8 Å². The predicted molar refractivity (Wildman–Crippen MR) is 214 cm³/mol. The summed E-state index contributed by atoms with van der Waals surface area (Å²) in [7, 11) is 0. The molecule has 4 heterocycles.